The average molecular weight is 325 g/mol. The van der Waals surface area contributed by atoms with Gasteiger partial charge in [-0.05, 0) is 31.0 Å². The van der Waals surface area contributed by atoms with Crippen molar-refractivity contribution in [3.63, 3.8) is 0 Å². The molecule has 1 saturated carbocycles. The number of aliphatic carboxylic acids is 1. The molecule has 1 aliphatic carbocycles. The van der Waals surface area contributed by atoms with Crippen LogP contribution in [0.3, 0.4) is 0 Å². The summed E-state index contributed by atoms with van der Waals surface area (Å²) in [5, 5.41) is 8.89. The molecule has 1 aromatic rings. The van der Waals surface area contributed by atoms with E-state index in [-0.39, 0.29) is 16.8 Å². The first-order valence-electron chi connectivity index (χ1n) is 6.92. The monoisotopic (exact) mass is 325 g/mol. The molecule has 0 bridgehead atoms. The summed E-state index contributed by atoms with van der Waals surface area (Å²) in [6, 6.07) is 6.11. The maximum atomic E-state index is 12.2. The van der Waals surface area contributed by atoms with E-state index in [4.69, 9.17) is 5.11 Å². The third-order valence-corrected chi connectivity index (χ3v) is 5.27. The smallest absolute Gasteiger partial charge is 0.307 e. The van der Waals surface area contributed by atoms with Crippen molar-refractivity contribution < 1.29 is 23.1 Å². The lowest BCUT2D eigenvalue weighted by atomic mass is 10.1. The molecule has 120 valence electrons. The Morgan fingerprint density at radius 2 is 1.77 bits per heavy atom. The predicted octanol–water partition coefficient (Wildman–Crippen LogP) is 1.33. The molecule has 0 aromatic heterocycles. The van der Waals surface area contributed by atoms with E-state index in [1.165, 1.54) is 17.0 Å². The Morgan fingerprint density at radius 3 is 2.18 bits per heavy atom. The molecule has 1 N–H and O–H groups in total. The molecule has 0 saturated heterocycles. The molecule has 0 spiro atoms. The van der Waals surface area contributed by atoms with Crippen LogP contribution in [0.2, 0.25) is 0 Å². The topological polar surface area (TPSA) is 91.8 Å². The predicted molar refractivity (Wildman–Crippen MR) is 80.0 cm³/mol. The summed E-state index contributed by atoms with van der Waals surface area (Å²) in [4.78, 5) is 24.8. The number of rotatable bonds is 5. The van der Waals surface area contributed by atoms with Crippen LogP contribution in [0.15, 0.2) is 29.2 Å². The maximum Gasteiger partial charge on any atom is 0.307 e. The molecule has 1 aromatic carbocycles. The van der Waals surface area contributed by atoms with Crippen LogP contribution in [0.25, 0.3) is 0 Å². The standard InChI is InChI=1S/C15H19NO5S/c1-9(10-4-6-11(7-5-10)22(3,20)21)16(2)14(17)12-8-13(12)15(18)19/h4-7,9,12-13H,8H2,1-3H3,(H,18,19)/t9-,12-,13-/m1/s1. The highest BCUT2D eigenvalue weighted by molar-refractivity contribution is 7.90. The molecule has 1 amide bonds. The van der Waals surface area contributed by atoms with E-state index in [0.29, 0.717) is 6.42 Å². The molecule has 3 atom stereocenters. The molecule has 2 rings (SSSR count). The number of carboxylic acid groups (broad SMARTS) is 1. The molecule has 6 nitrogen and oxygen atoms in total. The van der Waals surface area contributed by atoms with Gasteiger partial charge in [0.05, 0.1) is 22.8 Å². The van der Waals surface area contributed by atoms with E-state index in [1.807, 2.05) is 6.92 Å². The second kappa shape index (κ2) is 5.72. The van der Waals surface area contributed by atoms with Crippen LogP contribution in [0.4, 0.5) is 0 Å². The van der Waals surface area contributed by atoms with Gasteiger partial charge in [-0.15, -0.1) is 0 Å². The Balaban J connectivity index is 2.09. The summed E-state index contributed by atoms with van der Waals surface area (Å²) in [5.74, 6) is -2.14. The van der Waals surface area contributed by atoms with E-state index >= 15 is 0 Å². The summed E-state index contributed by atoms with van der Waals surface area (Å²) in [6.45, 7) is 1.82. The zero-order valence-corrected chi connectivity index (χ0v) is 13.5. The molecule has 0 radical (unpaired) electrons. The molecule has 22 heavy (non-hydrogen) atoms. The molecular formula is C15H19NO5S. The van der Waals surface area contributed by atoms with Crippen molar-refractivity contribution in [1.29, 1.82) is 0 Å². The molecule has 1 aliphatic rings. The van der Waals surface area contributed by atoms with E-state index in [2.05, 4.69) is 0 Å². The molecule has 0 aliphatic heterocycles. The Bertz CT molecular complexity index is 695. The zero-order chi connectivity index (χ0) is 16.7. The van der Waals surface area contributed by atoms with Gasteiger partial charge in [-0.2, -0.15) is 0 Å². The Morgan fingerprint density at radius 1 is 1.23 bits per heavy atom. The summed E-state index contributed by atoms with van der Waals surface area (Å²) in [6.07, 6.45) is 1.53. The number of hydrogen-bond acceptors (Lipinski definition) is 4. The minimum atomic E-state index is -3.25. The molecular weight excluding hydrogens is 306 g/mol. The van der Waals surface area contributed by atoms with E-state index in [9.17, 15) is 18.0 Å². The van der Waals surface area contributed by atoms with Crippen molar-refractivity contribution in [2.24, 2.45) is 11.8 Å². The second-order valence-corrected chi connectivity index (χ2v) is 7.77. The summed E-state index contributed by atoms with van der Waals surface area (Å²) in [5.41, 5.74) is 0.802. The molecule has 7 heteroatoms. The highest BCUT2D eigenvalue weighted by Crippen LogP contribution is 2.41. The van der Waals surface area contributed by atoms with Crippen LogP contribution >= 0.6 is 0 Å². The number of hydrogen-bond donors (Lipinski definition) is 1. The first kappa shape index (κ1) is 16.5. The largest absolute Gasteiger partial charge is 0.481 e. The lowest BCUT2D eigenvalue weighted by Crippen LogP contribution is -2.31. The van der Waals surface area contributed by atoms with Gasteiger partial charge in [-0.3, -0.25) is 9.59 Å². The molecule has 0 unspecified atom stereocenters. The number of carbonyl (C=O) groups is 2. The van der Waals surface area contributed by atoms with Crippen LogP contribution in [0, 0.1) is 11.8 Å². The van der Waals surface area contributed by atoms with Crippen LogP contribution in [0.1, 0.15) is 24.9 Å². The fourth-order valence-corrected chi connectivity index (χ4v) is 3.04. The lowest BCUT2D eigenvalue weighted by molar-refractivity contribution is -0.142. The van der Waals surface area contributed by atoms with Gasteiger partial charge < -0.3 is 10.0 Å². The fraction of sp³-hybridized carbons (Fsp3) is 0.467. The van der Waals surface area contributed by atoms with Crippen LogP contribution in [-0.2, 0) is 19.4 Å². The van der Waals surface area contributed by atoms with Crippen LogP contribution < -0.4 is 0 Å². The van der Waals surface area contributed by atoms with Gasteiger partial charge in [-0.25, -0.2) is 8.42 Å². The van der Waals surface area contributed by atoms with Gasteiger partial charge >= 0.3 is 5.97 Å². The second-order valence-electron chi connectivity index (χ2n) is 5.75. The Kier molecular flexibility index (Phi) is 4.28. The SMILES string of the molecule is C[C@H](c1ccc(S(C)(=O)=O)cc1)N(C)C(=O)[C@@H]1C[C@H]1C(=O)O. The number of nitrogens with zero attached hydrogens (tertiary/aromatic N) is 1. The van der Waals surface area contributed by atoms with Crippen LogP contribution in [-0.4, -0.2) is 43.6 Å². The van der Waals surface area contributed by atoms with Crippen molar-refractivity contribution >= 4 is 21.7 Å². The number of carboxylic acids is 1. The van der Waals surface area contributed by atoms with E-state index in [0.717, 1.165) is 11.8 Å². The highest BCUT2D eigenvalue weighted by Gasteiger charge is 2.49. The van der Waals surface area contributed by atoms with Crippen molar-refractivity contribution in [3.8, 4) is 0 Å². The molecule has 0 heterocycles. The minimum absolute atomic E-state index is 0.188. The van der Waals surface area contributed by atoms with Gasteiger partial charge in [-0.1, -0.05) is 12.1 Å². The average Bonchev–Trinajstić information content (AvgIpc) is 3.24. The van der Waals surface area contributed by atoms with Gasteiger partial charge in [0.15, 0.2) is 9.84 Å². The van der Waals surface area contributed by atoms with Crippen molar-refractivity contribution in [3.05, 3.63) is 29.8 Å². The highest BCUT2D eigenvalue weighted by atomic mass is 32.2. The number of sulfone groups is 1. The van der Waals surface area contributed by atoms with Gasteiger partial charge in [0.1, 0.15) is 0 Å². The van der Waals surface area contributed by atoms with E-state index < -0.39 is 27.6 Å². The molecule has 1 fully saturated rings. The summed E-state index contributed by atoms with van der Waals surface area (Å²) < 4.78 is 22.9. The third kappa shape index (κ3) is 3.30. The third-order valence-electron chi connectivity index (χ3n) is 4.14. The fourth-order valence-electron chi connectivity index (χ4n) is 2.41. The number of carbonyl (C=O) groups excluding carboxylic acids is 1. The normalized spacial score (nSPS) is 22.0. The van der Waals surface area contributed by atoms with Gasteiger partial charge in [0.2, 0.25) is 5.91 Å². The lowest BCUT2D eigenvalue weighted by Gasteiger charge is -2.25. The van der Waals surface area contributed by atoms with Crippen molar-refractivity contribution in [2.45, 2.75) is 24.3 Å². The maximum absolute atomic E-state index is 12.2. The van der Waals surface area contributed by atoms with Gasteiger partial charge in [0, 0.05) is 13.3 Å². The van der Waals surface area contributed by atoms with Crippen molar-refractivity contribution in [2.75, 3.05) is 13.3 Å². The number of benzene rings is 1. The van der Waals surface area contributed by atoms with Crippen molar-refractivity contribution in [1.82, 2.24) is 4.90 Å². The first-order valence-corrected chi connectivity index (χ1v) is 8.81. The summed E-state index contributed by atoms with van der Waals surface area (Å²) in [7, 11) is -1.61. The Labute approximate surface area is 129 Å². The van der Waals surface area contributed by atoms with E-state index in [1.54, 1.807) is 19.2 Å². The summed E-state index contributed by atoms with van der Waals surface area (Å²) >= 11 is 0. The van der Waals surface area contributed by atoms with Crippen LogP contribution in [0.5, 0.6) is 0 Å². The zero-order valence-electron chi connectivity index (χ0n) is 12.7. The number of amides is 1. The first-order chi connectivity index (χ1) is 10.1. The van der Waals surface area contributed by atoms with Gasteiger partial charge in [0.25, 0.3) is 0 Å². The Hall–Kier alpha value is -1.89. The quantitative estimate of drug-likeness (QED) is 0.882. The minimum Gasteiger partial charge on any atom is -0.481 e.